The number of carbonyl (C=O) groups excluding carboxylic acids is 1. The SMILES string of the molecule is NCC(=O)N1CCC[C@H]1C(=O)O.O=C(O)[C@@H]1C[C@@H](O)CN1. The van der Waals surface area contributed by atoms with Gasteiger partial charge in [0.2, 0.25) is 5.91 Å². The Hall–Kier alpha value is -1.71. The minimum absolute atomic E-state index is 0.107. The second-order valence-corrected chi connectivity index (χ2v) is 4.98. The van der Waals surface area contributed by atoms with Crippen molar-refractivity contribution in [3.63, 3.8) is 0 Å². The van der Waals surface area contributed by atoms with Crippen molar-refractivity contribution in [2.24, 2.45) is 5.73 Å². The van der Waals surface area contributed by atoms with Crippen molar-refractivity contribution in [2.75, 3.05) is 19.6 Å². The van der Waals surface area contributed by atoms with Crippen LogP contribution < -0.4 is 11.1 Å². The molecule has 0 aromatic rings. The van der Waals surface area contributed by atoms with E-state index in [1.165, 1.54) is 4.90 Å². The number of nitrogens with two attached hydrogens (primary N) is 1. The van der Waals surface area contributed by atoms with Crippen molar-refractivity contribution < 1.29 is 29.7 Å². The number of hydrogen-bond donors (Lipinski definition) is 5. The van der Waals surface area contributed by atoms with Gasteiger partial charge < -0.3 is 31.3 Å². The predicted octanol–water partition coefficient (Wildman–Crippen LogP) is -2.19. The standard InChI is InChI=1S/C7H12N2O3.C5H9NO3/c8-4-6(10)9-3-1-2-5(9)7(11)12;7-3-1-4(5(8)9)6-2-3/h5H,1-4,8H2,(H,11,12);3-4,6-7H,1-2H2,(H,8,9)/t5-;3-,4+/m01/s1. The quantitative estimate of drug-likeness (QED) is 0.394. The van der Waals surface area contributed by atoms with E-state index in [-0.39, 0.29) is 12.5 Å². The largest absolute Gasteiger partial charge is 0.480 e. The number of aliphatic carboxylic acids is 2. The van der Waals surface area contributed by atoms with Crippen molar-refractivity contribution in [1.82, 2.24) is 10.2 Å². The third kappa shape index (κ3) is 4.96. The van der Waals surface area contributed by atoms with Gasteiger partial charge in [0, 0.05) is 19.5 Å². The molecular weight excluding hydrogens is 282 g/mol. The highest BCUT2D eigenvalue weighted by Crippen LogP contribution is 2.16. The molecule has 0 aliphatic carbocycles. The van der Waals surface area contributed by atoms with Gasteiger partial charge >= 0.3 is 11.9 Å². The van der Waals surface area contributed by atoms with Gasteiger partial charge in [-0.15, -0.1) is 0 Å². The van der Waals surface area contributed by atoms with E-state index in [1.807, 2.05) is 0 Å². The van der Waals surface area contributed by atoms with Gasteiger partial charge in [0.05, 0.1) is 12.6 Å². The summed E-state index contributed by atoms with van der Waals surface area (Å²) in [6.07, 6.45) is 1.14. The Morgan fingerprint density at radius 3 is 2.29 bits per heavy atom. The molecule has 2 aliphatic rings. The number of aliphatic hydroxyl groups is 1. The zero-order valence-electron chi connectivity index (χ0n) is 11.6. The molecule has 1 amide bonds. The summed E-state index contributed by atoms with van der Waals surface area (Å²) >= 11 is 0. The van der Waals surface area contributed by atoms with Gasteiger partial charge in [0.15, 0.2) is 0 Å². The van der Waals surface area contributed by atoms with E-state index in [1.54, 1.807) is 0 Å². The lowest BCUT2D eigenvalue weighted by Crippen LogP contribution is -2.43. The van der Waals surface area contributed by atoms with Gasteiger partial charge in [-0.05, 0) is 12.8 Å². The highest BCUT2D eigenvalue weighted by Gasteiger charge is 2.32. The molecule has 0 saturated carbocycles. The van der Waals surface area contributed by atoms with Crippen LogP contribution in [-0.2, 0) is 14.4 Å². The second kappa shape index (κ2) is 7.91. The molecule has 0 aromatic heterocycles. The van der Waals surface area contributed by atoms with Gasteiger partial charge in [-0.3, -0.25) is 9.59 Å². The number of carboxylic acid groups (broad SMARTS) is 2. The molecule has 9 nitrogen and oxygen atoms in total. The third-order valence-corrected chi connectivity index (χ3v) is 3.44. The number of carbonyl (C=O) groups is 3. The maximum absolute atomic E-state index is 11.1. The summed E-state index contributed by atoms with van der Waals surface area (Å²) < 4.78 is 0. The van der Waals surface area contributed by atoms with Crippen molar-refractivity contribution in [1.29, 1.82) is 0 Å². The summed E-state index contributed by atoms with van der Waals surface area (Å²) in [5, 5.41) is 28.5. The Balaban J connectivity index is 0.000000219. The zero-order valence-corrected chi connectivity index (χ0v) is 11.6. The lowest BCUT2D eigenvalue weighted by molar-refractivity contribution is -0.147. The van der Waals surface area contributed by atoms with Crippen LogP contribution in [0.3, 0.4) is 0 Å². The van der Waals surface area contributed by atoms with Crippen LogP contribution in [0.4, 0.5) is 0 Å². The summed E-state index contributed by atoms with van der Waals surface area (Å²) in [5.41, 5.74) is 5.13. The first-order valence-corrected chi connectivity index (χ1v) is 6.73. The van der Waals surface area contributed by atoms with Crippen LogP contribution >= 0.6 is 0 Å². The molecule has 0 radical (unpaired) electrons. The summed E-state index contributed by atoms with van der Waals surface area (Å²) in [6, 6.07) is -1.19. The maximum atomic E-state index is 11.1. The number of carboxylic acids is 2. The molecule has 2 rings (SSSR count). The van der Waals surface area contributed by atoms with Crippen molar-refractivity contribution >= 4 is 17.8 Å². The van der Waals surface area contributed by atoms with E-state index in [4.69, 9.17) is 21.1 Å². The first-order chi connectivity index (χ1) is 9.86. The Morgan fingerprint density at radius 2 is 1.90 bits per heavy atom. The van der Waals surface area contributed by atoms with Crippen molar-refractivity contribution in [3.05, 3.63) is 0 Å². The number of nitrogens with one attached hydrogen (secondary N) is 1. The summed E-state index contributed by atoms with van der Waals surface area (Å²) in [7, 11) is 0. The third-order valence-electron chi connectivity index (χ3n) is 3.44. The fraction of sp³-hybridized carbons (Fsp3) is 0.750. The van der Waals surface area contributed by atoms with Gasteiger partial charge in [0.25, 0.3) is 0 Å². The fourth-order valence-corrected chi connectivity index (χ4v) is 2.34. The molecule has 2 fully saturated rings. The predicted molar refractivity (Wildman–Crippen MR) is 71.5 cm³/mol. The topological polar surface area (TPSA) is 153 Å². The molecule has 0 aromatic carbocycles. The molecule has 120 valence electrons. The highest BCUT2D eigenvalue weighted by molar-refractivity contribution is 5.85. The maximum Gasteiger partial charge on any atom is 0.326 e. The van der Waals surface area contributed by atoms with E-state index >= 15 is 0 Å². The van der Waals surface area contributed by atoms with E-state index in [0.717, 1.165) is 6.42 Å². The summed E-state index contributed by atoms with van der Waals surface area (Å²) in [5.74, 6) is -2.10. The molecule has 0 unspecified atom stereocenters. The highest BCUT2D eigenvalue weighted by atomic mass is 16.4. The number of aliphatic hydroxyl groups excluding tert-OH is 1. The van der Waals surface area contributed by atoms with Gasteiger partial charge in [-0.25, -0.2) is 4.79 Å². The fourth-order valence-electron chi connectivity index (χ4n) is 2.34. The molecular formula is C12H21N3O6. The normalized spacial score (nSPS) is 27.9. The first-order valence-electron chi connectivity index (χ1n) is 6.73. The Labute approximate surface area is 121 Å². The number of hydrogen-bond acceptors (Lipinski definition) is 6. The Bertz CT molecular complexity index is 402. The average Bonchev–Trinajstić information content (AvgIpc) is 3.06. The number of nitrogens with zero attached hydrogens (tertiary/aromatic N) is 1. The van der Waals surface area contributed by atoms with Crippen LogP contribution in [0.1, 0.15) is 19.3 Å². The van der Waals surface area contributed by atoms with E-state index in [0.29, 0.717) is 25.9 Å². The van der Waals surface area contributed by atoms with E-state index in [9.17, 15) is 14.4 Å². The zero-order chi connectivity index (χ0) is 16.0. The van der Waals surface area contributed by atoms with E-state index in [2.05, 4.69) is 5.32 Å². The minimum atomic E-state index is -0.936. The molecule has 9 heteroatoms. The smallest absolute Gasteiger partial charge is 0.326 e. The van der Waals surface area contributed by atoms with Crippen LogP contribution in [-0.4, -0.2) is 75.9 Å². The van der Waals surface area contributed by atoms with Crippen LogP contribution in [0.5, 0.6) is 0 Å². The lowest BCUT2D eigenvalue weighted by Gasteiger charge is -2.20. The molecule has 0 bridgehead atoms. The molecule has 2 heterocycles. The van der Waals surface area contributed by atoms with Crippen LogP contribution in [0, 0.1) is 0 Å². The molecule has 21 heavy (non-hydrogen) atoms. The monoisotopic (exact) mass is 303 g/mol. The molecule has 6 N–H and O–H groups in total. The first kappa shape index (κ1) is 17.3. The van der Waals surface area contributed by atoms with Crippen LogP contribution in [0.25, 0.3) is 0 Å². The van der Waals surface area contributed by atoms with Gasteiger partial charge in [-0.2, -0.15) is 0 Å². The molecule has 3 atom stereocenters. The van der Waals surface area contributed by atoms with Crippen molar-refractivity contribution in [2.45, 2.75) is 37.5 Å². The van der Waals surface area contributed by atoms with E-state index < -0.39 is 30.1 Å². The van der Waals surface area contributed by atoms with Crippen LogP contribution in [0.15, 0.2) is 0 Å². The Kier molecular flexibility index (Phi) is 6.53. The molecule has 0 spiro atoms. The number of amides is 1. The number of β-amino-alcohol motifs (C(OH)–C–C–N with tert-alkyl or cyclic N) is 1. The number of likely N-dealkylation sites (tertiary alicyclic amines) is 1. The Morgan fingerprint density at radius 1 is 1.24 bits per heavy atom. The average molecular weight is 303 g/mol. The molecule has 2 saturated heterocycles. The lowest BCUT2D eigenvalue weighted by atomic mass is 10.2. The summed E-state index contributed by atoms with van der Waals surface area (Å²) in [4.78, 5) is 33.2. The van der Waals surface area contributed by atoms with Crippen molar-refractivity contribution in [3.8, 4) is 0 Å². The summed E-state index contributed by atoms with van der Waals surface area (Å²) in [6.45, 7) is 0.813. The minimum Gasteiger partial charge on any atom is -0.480 e. The van der Waals surface area contributed by atoms with Gasteiger partial charge in [-0.1, -0.05) is 0 Å². The van der Waals surface area contributed by atoms with Gasteiger partial charge in [0.1, 0.15) is 12.1 Å². The number of rotatable bonds is 3. The second-order valence-electron chi connectivity index (χ2n) is 4.98. The van der Waals surface area contributed by atoms with Crippen LogP contribution in [0.2, 0.25) is 0 Å². The molecule has 2 aliphatic heterocycles.